The van der Waals surface area contributed by atoms with E-state index >= 15 is 0 Å². The molecule has 0 aliphatic carbocycles. The van der Waals surface area contributed by atoms with Crippen molar-refractivity contribution in [3.05, 3.63) is 229 Å². The number of imidazole rings is 1. The van der Waals surface area contributed by atoms with Crippen LogP contribution in [0.2, 0.25) is 0 Å². The van der Waals surface area contributed by atoms with Gasteiger partial charge in [0.1, 0.15) is 11.6 Å². The molecule has 2 aromatic heterocycles. The quantitative estimate of drug-likeness (QED) is 0.157. The van der Waals surface area contributed by atoms with Gasteiger partial charge in [-0.2, -0.15) is 0 Å². The molecule has 65 heavy (non-hydrogen) atoms. The third-order valence-corrected chi connectivity index (χ3v) is 12.5. The number of nitrogens with zero attached hydrogens (tertiary/aromatic N) is 3. The van der Waals surface area contributed by atoms with Gasteiger partial charge in [0.25, 0.3) is 0 Å². The standard InChI is InChI=1S/C61H51N3O/c1-40-36-46(38-47(37-40)55-39-45(34-35-62-55)49-27-16-15-26-48(49)41(2)42-20-9-6-10-21-42)50-28-19-33-56-57(50)63-60(53-31-18-32-54(59(53)65)61(3,4)5)64(56)58-51(43-22-11-7-12-23-43)29-17-30-52(58)44-24-13-8-14-25-44/h6-39,41,65H,1-5H3/i1D3. The second kappa shape index (κ2) is 17.0. The number of aromatic nitrogens is 3. The Morgan fingerprint density at radius 1 is 0.538 bits per heavy atom. The number of benzene rings is 8. The predicted molar refractivity (Wildman–Crippen MR) is 271 cm³/mol. The van der Waals surface area contributed by atoms with Gasteiger partial charge in [-0.15, -0.1) is 0 Å². The number of rotatable bonds is 9. The van der Waals surface area contributed by atoms with Crippen LogP contribution in [-0.4, -0.2) is 19.6 Å². The number of fused-ring (bicyclic) bond motifs is 1. The summed E-state index contributed by atoms with van der Waals surface area (Å²) < 4.78 is 28.3. The van der Waals surface area contributed by atoms with Crippen LogP contribution in [-0.2, 0) is 5.41 Å². The minimum absolute atomic E-state index is 0.140. The maximum absolute atomic E-state index is 12.3. The van der Waals surface area contributed by atoms with Crippen molar-refractivity contribution in [1.82, 2.24) is 14.5 Å². The lowest BCUT2D eigenvalue weighted by Crippen LogP contribution is -2.12. The normalized spacial score (nSPS) is 13.0. The van der Waals surface area contributed by atoms with Crippen LogP contribution < -0.4 is 0 Å². The van der Waals surface area contributed by atoms with Crippen LogP contribution in [0.15, 0.2) is 206 Å². The molecule has 316 valence electrons. The lowest BCUT2D eigenvalue weighted by atomic mass is 9.85. The van der Waals surface area contributed by atoms with E-state index in [4.69, 9.17) is 14.1 Å². The minimum Gasteiger partial charge on any atom is -0.507 e. The topological polar surface area (TPSA) is 50.9 Å². The highest BCUT2D eigenvalue weighted by molar-refractivity contribution is 5.99. The molecule has 0 aliphatic heterocycles. The van der Waals surface area contributed by atoms with Crippen LogP contribution in [0.5, 0.6) is 5.75 Å². The molecule has 0 spiro atoms. The third kappa shape index (κ3) is 7.82. The Bertz CT molecular complexity index is 3390. The molecule has 10 aromatic rings. The van der Waals surface area contributed by atoms with Crippen LogP contribution in [0.25, 0.3) is 83.9 Å². The molecule has 1 unspecified atom stereocenters. The number of hydrogen-bond donors (Lipinski definition) is 1. The third-order valence-electron chi connectivity index (χ3n) is 12.5. The molecule has 0 saturated carbocycles. The number of hydrogen-bond acceptors (Lipinski definition) is 3. The molecule has 2 heterocycles. The van der Waals surface area contributed by atoms with E-state index in [0.717, 1.165) is 55.7 Å². The summed E-state index contributed by atoms with van der Waals surface area (Å²) in [5.41, 5.74) is 14.9. The number of aryl methyl sites for hydroxylation is 1. The largest absolute Gasteiger partial charge is 0.507 e. The molecule has 1 atom stereocenters. The zero-order valence-electron chi connectivity index (χ0n) is 40.0. The van der Waals surface area contributed by atoms with Crippen molar-refractivity contribution in [2.45, 2.75) is 45.9 Å². The van der Waals surface area contributed by atoms with E-state index < -0.39 is 6.85 Å². The van der Waals surface area contributed by atoms with Crippen LogP contribution in [0.1, 0.15) is 60.0 Å². The van der Waals surface area contributed by atoms with E-state index in [1.807, 2.05) is 84.9 Å². The minimum atomic E-state index is -2.42. The molecule has 0 amide bonds. The molecule has 0 radical (unpaired) electrons. The fraction of sp³-hybridized carbons (Fsp3) is 0.115. The molecular weight excluding hydrogens is 791 g/mol. The Kier molecular flexibility index (Phi) is 9.89. The second-order valence-corrected chi connectivity index (χ2v) is 17.8. The second-order valence-electron chi connectivity index (χ2n) is 17.8. The summed E-state index contributed by atoms with van der Waals surface area (Å²) >= 11 is 0. The van der Waals surface area contributed by atoms with Gasteiger partial charge in [0, 0.05) is 38.5 Å². The predicted octanol–water partition coefficient (Wildman–Crippen LogP) is 15.9. The van der Waals surface area contributed by atoms with Gasteiger partial charge in [-0.1, -0.05) is 191 Å². The van der Waals surface area contributed by atoms with E-state index in [2.05, 4.69) is 135 Å². The summed E-state index contributed by atoms with van der Waals surface area (Å²) in [4.78, 5) is 10.4. The van der Waals surface area contributed by atoms with Gasteiger partial charge in [0.2, 0.25) is 0 Å². The molecule has 4 nitrogen and oxygen atoms in total. The van der Waals surface area contributed by atoms with Gasteiger partial charge in [-0.05, 0) is 98.7 Å². The molecule has 0 aliphatic rings. The van der Waals surface area contributed by atoms with E-state index in [9.17, 15) is 5.11 Å². The Balaban J connectivity index is 1.22. The van der Waals surface area contributed by atoms with E-state index in [-0.39, 0.29) is 22.6 Å². The van der Waals surface area contributed by atoms with Crippen LogP contribution >= 0.6 is 0 Å². The molecule has 0 bridgehead atoms. The highest BCUT2D eigenvalue weighted by Crippen LogP contribution is 2.46. The highest BCUT2D eigenvalue weighted by atomic mass is 16.3. The van der Waals surface area contributed by atoms with Gasteiger partial charge in [0.15, 0.2) is 0 Å². The van der Waals surface area contributed by atoms with Crippen molar-refractivity contribution >= 4 is 11.0 Å². The zero-order valence-corrected chi connectivity index (χ0v) is 37.0. The van der Waals surface area contributed by atoms with Crippen LogP contribution in [0, 0.1) is 6.85 Å². The van der Waals surface area contributed by atoms with Gasteiger partial charge in [-0.3, -0.25) is 9.55 Å². The van der Waals surface area contributed by atoms with Gasteiger partial charge < -0.3 is 5.11 Å². The number of phenolic OH excluding ortho intramolecular Hbond substituents is 1. The Labute approximate surface area is 386 Å². The summed E-state index contributed by atoms with van der Waals surface area (Å²) in [6, 6.07) is 67.5. The number of para-hydroxylation sites is 3. The maximum Gasteiger partial charge on any atom is 0.149 e. The number of pyridine rings is 1. The first-order valence-electron chi connectivity index (χ1n) is 23.7. The van der Waals surface area contributed by atoms with E-state index in [1.165, 1.54) is 11.1 Å². The summed E-state index contributed by atoms with van der Waals surface area (Å²) in [5, 5.41) is 12.3. The Morgan fingerprint density at radius 2 is 1.12 bits per heavy atom. The monoisotopic (exact) mass is 844 g/mol. The first kappa shape index (κ1) is 37.7. The van der Waals surface area contributed by atoms with Crippen LogP contribution in [0.4, 0.5) is 0 Å². The average molecular weight is 845 g/mol. The Morgan fingerprint density at radius 3 is 1.82 bits per heavy atom. The van der Waals surface area contributed by atoms with Crippen molar-refractivity contribution < 1.29 is 9.22 Å². The lowest BCUT2D eigenvalue weighted by molar-refractivity contribution is 0.448. The summed E-state index contributed by atoms with van der Waals surface area (Å²) in [7, 11) is 0. The maximum atomic E-state index is 12.3. The zero-order chi connectivity index (χ0) is 47.2. The average Bonchev–Trinajstić information content (AvgIpc) is 3.75. The van der Waals surface area contributed by atoms with Crippen molar-refractivity contribution in [2.24, 2.45) is 0 Å². The highest BCUT2D eigenvalue weighted by Gasteiger charge is 2.27. The molecule has 0 saturated heterocycles. The SMILES string of the molecule is [2H]C([2H])([2H])c1cc(-c2cc(-c3ccccc3C(C)c3ccccc3)ccn2)cc(-c2cccc3c2nc(-c2cccc(C(C)(C)C)c2O)n3-c2c(-c3ccccc3)cccc2-c2ccccc2)c1. The molecule has 1 N–H and O–H groups in total. The van der Waals surface area contributed by atoms with Gasteiger partial charge in [-0.25, -0.2) is 4.98 Å². The summed E-state index contributed by atoms with van der Waals surface area (Å²) in [6.07, 6.45) is 1.80. The van der Waals surface area contributed by atoms with Crippen molar-refractivity contribution in [3.63, 3.8) is 0 Å². The Hall–Kier alpha value is -7.82. The van der Waals surface area contributed by atoms with Crippen molar-refractivity contribution in [2.75, 3.05) is 0 Å². The number of phenols is 1. The lowest BCUT2D eigenvalue weighted by Gasteiger charge is -2.23. The summed E-state index contributed by atoms with van der Waals surface area (Å²) in [5.74, 6) is 0.858. The fourth-order valence-electron chi connectivity index (χ4n) is 9.30. The van der Waals surface area contributed by atoms with Crippen molar-refractivity contribution in [1.29, 1.82) is 0 Å². The fourth-order valence-corrected chi connectivity index (χ4v) is 9.30. The van der Waals surface area contributed by atoms with Gasteiger partial charge >= 0.3 is 0 Å². The molecule has 10 rings (SSSR count). The molecule has 4 heteroatoms. The van der Waals surface area contributed by atoms with Crippen LogP contribution in [0.3, 0.4) is 0 Å². The van der Waals surface area contributed by atoms with E-state index in [1.54, 1.807) is 18.3 Å². The number of aromatic hydroxyl groups is 1. The first-order valence-corrected chi connectivity index (χ1v) is 22.2. The van der Waals surface area contributed by atoms with Crippen molar-refractivity contribution in [3.8, 4) is 78.6 Å². The summed E-state index contributed by atoms with van der Waals surface area (Å²) in [6.45, 7) is 6.08. The smallest absolute Gasteiger partial charge is 0.149 e. The first-order chi connectivity index (χ1) is 32.8. The molecule has 8 aromatic carbocycles. The molecular formula is C61H51N3O. The molecule has 0 fully saturated rings. The van der Waals surface area contributed by atoms with Gasteiger partial charge in [0.05, 0.1) is 28.0 Å². The van der Waals surface area contributed by atoms with E-state index in [0.29, 0.717) is 33.7 Å².